The largest absolute Gasteiger partial charge is 0.373 e. The van der Waals surface area contributed by atoms with Crippen LogP contribution in [0.15, 0.2) is 24.3 Å². The van der Waals surface area contributed by atoms with Crippen LogP contribution in [0.4, 0.5) is 0 Å². The fourth-order valence-corrected chi connectivity index (χ4v) is 1.68. The fourth-order valence-electron chi connectivity index (χ4n) is 1.68. The molecule has 4 nitrogen and oxygen atoms in total. The second kappa shape index (κ2) is 7.25. The Bertz CT molecular complexity index is 477. The summed E-state index contributed by atoms with van der Waals surface area (Å²) in [6.45, 7) is 14.4. The highest BCUT2D eigenvalue weighted by Gasteiger charge is 2.17. The van der Waals surface area contributed by atoms with Gasteiger partial charge in [-0.25, -0.2) is 4.79 Å². The molecule has 0 fully saturated rings. The molecule has 0 saturated carbocycles. The third-order valence-electron chi connectivity index (χ3n) is 3.03. The minimum Gasteiger partial charge on any atom is -0.373 e. The summed E-state index contributed by atoms with van der Waals surface area (Å²) >= 11 is 0. The zero-order valence-corrected chi connectivity index (χ0v) is 14.7. The van der Waals surface area contributed by atoms with Crippen LogP contribution in [0.2, 0.25) is 0 Å². The third kappa shape index (κ3) is 6.58. The summed E-state index contributed by atoms with van der Waals surface area (Å²) in [7, 11) is 0. The van der Waals surface area contributed by atoms with Crippen LogP contribution in [-0.2, 0) is 19.9 Å². The fraction of sp³-hybridized carbons (Fsp3) is 0.611. The van der Waals surface area contributed by atoms with Crippen LogP contribution in [-0.4, -0.2) is 24.3 Å². The van der Waals surface area contributed by atoms with Crippen molar-refractivity contribution in [2.75, 3.05) is 6.61 Å². The highest BCUT2D eigenvalue weighted by Crippen LogP contribution is 2.22. The number of carbonyl (C=O) groups excluding carboxylic acids is 1. The Morgan fingerprint density at radius 1 is 1.05 bits per heavy atom. The van der Waals surface area contributed by atoms with Gasteiger partial charge in [0.25, 0.3) is 0 Å². The van der Waals surface area contributed by atoms with Gasteiger partial charge in [0.2, 0.25) is 0 Å². The molecule has 1 atom stereocenters. The molecule has 22 heavy (non-hydrogen) atoms. The van der Waals surface area contributed by atoms with E-state index in [-0.39, 0.29) is 17.1 Å². The monoisotopic (exact) mass is 308 g/mol. The molecule has 0 N–H and O–H groups in total. The lowest BCUT2D eigenvalue weighted by Gasteiger charge is -2.21. The van der Waals surface area contributed by atoms with Gasteiger partial charge in [-0.05, 0) is 50.8 Å². The smallest absolute Gasteiger partial charge is 0.373 e. The Kier molecular flexibility index (Phi) is 6.15. The Labute approximate surface area is 133 Å². The topological polar surface area (TPSA) is 44.8 Å². The van der Waals surface area contributed by atoms with E-state index in [4.69, 9.17) is 14.5 Å². The molecule has 1 aromatic carbocycles. The zero-order chi connectivity index (χ0) is 17.0. The van der Waals surface area contributed by atoms with Gasteiger partial charge in [-0.15, -0.1) is 0 Å². The van der Waals surface area contributed by atoms with Gasteiger partial charge in [0.05, 0.1) is 17.8 Å². The normalized spacial score (nSPS) is 13.8. The number of ether oxygens (including phenoxy) is 1. The molecule has 0 aromatic heterocycles. The van der Waals surface area contributed by atoms with Crippen molar-refractivity contribution in [1.29, 1.82) is 0 Å². The number of hydrogen-bond acceptors (Lipinski definition) is 4. The summed E-state index contributed by atoms with van der Waals surface area (Å²) in [6.07, 6.45) is -0.322. The zero-order valence-electron chi connectivity index (χ0n) is 14.7. The van der Waals surface area contributed by atoms with Gasteiger partial charge in [0.1, 0.15) is 6.10 Å². The maximum atomic E-state index is 11.9. The van der Waals surface area contributed by atoms with Gasteiger partial charge in [-0.3, -0.25) is 4.89 Å². The van der Waals surface area contributed by atoms with E-state index in [0.717, 1.165) is 5.56 Å². The summed E-state index contributed by atoms with van der Waals surface area (Å²) in [5.41, 5.74) is 1.44. The summed E-state index contributed by atoms with van der Waals surface area (Å²) in [5, 5.41) is 0. The average Bonchev–Trinajstić information content (AvgIpc) is 2.41. The lowest BCUT2D eigenvalue weighted by molar-refractivity contribution is -0.282. The highest BCUT2D eigenvalue weighted by molar-refractivity contribution is 5.88. The molecule has 0 aliphatic carbocycles. The molecule has 0 spiro atoms. The maximum absolute atomic E-state index is 11.9. The molecule has 0 amide bonds. The Balaban J connectivity index is 2.49. The van der Waals surface area contributed by atoms with Crippen LogP contribution in [0, 0.1) is 0 Å². The van der Waals surface area contributed by atoms with E-state index in [9.17, 15) is 4.79 Å². The molecule has 124 valence electrons. The van der Waals surface area contributed by atoms with Crippen LogP contribution in [0.5, 0.6) is 0 Å². The van der Waals surface area contributed by atoms with Crippen LogP contribution in [0.3, 0.4) is 0 Å². The molecule has 1 unspecified atom stereocenters. The van der Waals surface area contributed by atoms with Crippen LogP contribution < -0.4 is 0 Å². The molecule has 0 radical (unpaired) electrons. The second-order valence-corrected chi connectivity index (χ2v) is 7.53. The SMILES string of the molecule is CC(COC(C)(C)C)OOC(=O)c1ccc(C(C)(C)C)cc1. The van der Waals surface area contributed by atoms with Crippen LogP contribution in [0.25, 0.3) is 0 Å². The summed E-state index contributed by atoms with van der Waals surface area (Å²) < 4.78 is 5.57. The van der Waals surface area contributed by atoms with Crippen LogP contribution in [0.1, 0.15) is 64.4 Å². The molecule has 0 aliphatic heterocycles. The van der Waals surface area contributed by atoms with Gasteiger partial charge in [-0.2, -0.15) is 4.89 Å². The van der Waals surface area contributed by atoms with E-state index in [1.165, 1.54) is 0 Å². The first kappa shape index (κ1) is 18.7. The first-order chi connectivity index (χ1) is 9.99. The Hall–Kier alpha value is -1.39. The van der Waals surface area contributed by atoms with Crippen LogP contribution >= 0.6 is 0 Å². The maximum Gasteiger partial charge on any atom is 0.373 e. The summed E-state index contributed by atoms with van der Waals surface area (Å²) in [6, 6.07) is 7.37. The number of hydrogen-bond donors (Lipinski definition) is 0. The third-order valence-corrected chi connectivity index (χ3v) is 3.03. The first-order valence-corrected chi connectivity index (χ1v) is 7.61. The quantitative estimate of drug-likeness (QED) is 0.601. The van der Waals surface area contributed by atoms with Crippen molar-refractivity contribution >= 4 is 5.97 Å². The summed E-state index contributed by atoms with van der Waals surface area (Å²) in [5.74, 6) is -0.497. The lowest BCUT2D eigenvalue weighted by Crippen LogP contribution is -2.27. The van der Waals surface area contributed by atoms with E-state index < -0.39 is 5.97 Å². The molecular formula is C18H28O4. The molecule has 0 aliphatic rings. The van der Waals surface area contributed by atoms with E-state index >= 15 is 0 Å². The summed E-state index contributed by atoms with van der Waals surface area (Å²) in [4.78, 5) is 21.9. The number of benzene rings is 1. The molecule has 1 aromatic rings. The van der Waals surface area contributed by atoms with Gasteiger partial charge >= 0.3 is 5.97 Å². The lowest BCUT2D eigenvalue weighted by atomic mass is 9.87. The van der Waals surface area contributed by atoms with Crippen molar-refractivity contribution in [3.8, 4) is 0 Å². The van der Waals surface area contributed by atoms with Crippen molar-refractivity contribution in [1.82, 2.24) is 0 Å². The van der Waals surface area contributed by atoms with Gasteiger partial charge in [0.15, 0.2) is 0 Å². The van der Waals surface area contributed by atoms with Crippen molar-refractivity contribution in [2.45, 2.75) is 65.6 Å². The standard InChI is InChI=1S/C18H28O4/c1-13(12-20-18(5,6)7)21-22-16(19)14-8-10-15(11-9-14)17(2,3)4/h8-11,13H,12H2,1-7H3. The Morgan fingerprint density at radius 3 is 2.05 bits per heavy atom. The molecular weight excluding hydrogens is 280 g/mol. The predicted molar refractivity (Wildman–Crippen MR) is 86.8 cm³/mol. The van der Waals surface area contributed by atoms with Crippen molar-refractivity contribution < 1.29 is 19.3 Å². The van der Waals surface area contributed by atoms with Gasteiger partial charge in [0, 0.05) is 0 Å². The average molecular weight is 308 g/mol. The van der Waals surface area contributed by atoms with Crippen molar-refractivity contribution in [3.63, 3.8) is 0 Å². The molecule has 1 rings (SSSR count). The molecule has 0 bridgehead atoms. The van der Waals surface area contributed by atoms with Gasteiger partial charge < -0.3 is 4.74 Å². The second-order valence-electron chi connectivity index (χ2n) is 7.53. The molecule has 4 heteroatoms. The van der Waals surface area contributed by atoms with E-state index in [0.29, 0.717) is 12.2 Å². The predicted octanol–water partition coefficient (Wildman–Crippen LogP) is 4.28. The number of carbonyl (C=O) groups is 1. The molecule has 0 saturated heterocycles. The Morgan fingerprint density at radius 2 is 1.59 bits per heavy atom. The van der Waals surface area contributed by atoms with E-state index in [1.54, 1.807) is 19.1 Å². The van der Waals surface area contributed by atoms with Crippen molar-refractivity contribution in [3.05, 3.63) is 35.4 Å². The molecule has 0 heterocycles. The minimum absolute atomic E-state index is 0.0533. The van der Waals surface area contributed by atoms with E-state index in [1.807, 2.05) is 32.9 Å². The van der Waals surface area contributed by atoms with E-state index in [2.05, 4.69) is 20.8 Å². The first-order valence-electron chi connectivity index (χ1n) is 7.61. The minimum atomic E-state index is -0.497. The number of rotatable bonds is 5. The highest BCUT2D eigenvalue weighted by atomic mass is 17.2. The van der Waals surface area contributed by atoms with Gasteiger partial charge in [-0.1, -0.05) is 32.9 Å². The van der Waals surface area contributed by atoms with Crippen molar-refractivity contribution in [2.24, 2.45) is 0 Å².